The largest absolute Gasteiger partial charge is 0.381 e. The molecule has 1 atom stereocenters. The van der Waals surface area contributed by atoms with Crippen LogP contribution in [0.5, 0.6) is 0 Å². The first-order chi connectivity index (χ1) is 6.92. The van der Waals surface area contributed by atoms with Gasteiger partial charge in [0.05, 0.1) is 0 Å². The van der Waals surface area contributed by atoms with E-state index in [2.05, 4.69) is 10.5 Å². The topological polar surface area (TPSA) is 53.8 Å². The fourth-order valence-electron chi connectivity index (χ4n) is 2.46. The summed E-state index contributed by atoms with van der Waals surface area (Å²) in [7, 11) is 0. The summed E-state index contributed by atoms with van der Waals surface area (Å²) < 4.78 is 5.34. The highest BCUT2D eigenvalue weighted by molar-refractivity contribution is 5.84. The van der Waals surface area contributed by atoms with Gasteiger partial charge in [-0.2, -0.15) is 0 Å². The second kappa shape index (κ2) is 4.75. The number of nitrogens with one attached hydrogen (secondary N) is 1. The van der Waals surface area contributed by atoms with E-state index in [0.29, 0.717) is 11.8 Å². The fourth-order valence-corrected chi connectivity index (χ4v) is 2.46. The van der Waals surface area contributed by atoms with Gasteiger partial charge in [-0.15, -0.1) is 0 Å². The van der Waals surface area contributed by atoms with Gasteiger partial charge in [-0.3, -0.25) is 15.7 Å². The van der Waals surface area contributed by atoms with Crippen LogP contribution < -0.4 is 5.48 Å². The molecule has 14 heavy (non-hydrogen) atoms. The molecule has 2 N–H and O–H groups in total. The lowest BCUT2D eigenvalue weighted by molar-refractivity contribution is 0.0522. The number of amidine groups is 1. The molecule has 0 aromatic rings. The normalized spacial score (nSPS) is 29.8. The van der Waals surface area contributed by atoms with Crippen molar-refractivity contribution in [2.45, 2.75) is 25.7 Å². The average molecular weight is 198 g/mol. The maximum atomic E-state index is 8.98. The third-order valence-corrected chi connectivity index (χ3v) is 3.26. The summed E-state index contributed by atoms with van der Waals surface area (Å²) in [5, 5.41) is 8.98. The number of hydroxylamine groups is 1. The summed E-state index contributed by atoms with van der Waals surface area (Å²) in [5.74, 6) is 1.86. The Balaban J connectivity index is 1.99. The first-order valence-corrected chi connectivity index (χ1v) is 5.44. The van der Waals surface area contributed by atoms with Crippen LogP contribution in [0.15, 0.2) is 4.99 Å². The molecule has 0 aliphatic carbocycles. The van der Waals surface area contributed by atoms with Crippen LogP contribution in [-0.2, 0) is 4.74 Å². The van der Waals surface area contributed by atoms with Crippen LogP contribution in [0.1, 0.15) is 25.7 Å². The maximum absolute atomic E-state index is 8.98. The van der Waals surface area contributed by atoms with E-state index < -0.39 is 0 Å². The van der Waals surface area contributed by atoms with Crippen molar-refractivity contribution in [3.8, 4) is 0 Å². The highest BCUT2D eigenvalue weighted by atomic mass is 16.5. The molecule has 0 bridgehead atoms. The number of hydrogen-bond donors (Lipinski definition) is 2. The summed E-state index contributed by atoms with van der Waals surface area (Å²) in [6.07, 6.45) is 4.50. The standard InChI is InChI=1S/C10H18N2O2/c13-12-10-9(2-1-5-11-10)8-3-6-14-7-4-8/h8-9,13H,1-7H2,(H,11,12). The summed E-state index contributed by atoms with van der Waals surface area (Å²) >= 11 is 0. The minimum atomic E-state index is 0.428. The van der Waals surface area contributed by atoms with E-state index in [1.807, 2.05) is 0 Å². The minimum Gasteiger partial charge on any atom is -0.381 e. The van der Waals surface area contributed by atoms with Crippen molar-refractivity contribution in [3.05, 3.63) is 0 Å². The Hall–Kier alpha value is -0.610. The third kappa shape index (κ3) is 2.07. The molecular weight excluding hydrogens is 180 g/mol. The second-order valence-electron chi connectivity index (χ2n) is 4.08. The van der Waals surface area contributed by atoms with Gasteiger partial charge in [-0.1, -0.05) is 0 Å². The van der Waals surface area contributed by atoms with E-state index in [1.165, 1.54) is 0 Å². The van der Waals surface area contributed by atoms with E-state index in [0.717, 1.165) is 51.3 Å². The predicted octanol–water partition coefficient (Wildman–Crippen LogP) is 1.20. The number of nitrogens with zero attached hydrogens (tertiary/aromatic N) is 1. The van der Waals surface area contributed by atoms with Crippen LogP contribution in [0.25, 0.3) is 0 Å². The first kappa shape index (κ1) is 9.93. The van der Waals surface area contributed by atoms with Crippen LogP contribution in [0.4, 0.5) is 0 Å². The van der Waals surface area contributed by atoms with Gasteiger partial charge in [0.15, 0.2) is 0 Å². The summed E-state index contributed by atoms with van der Waals surface area (Å²) in [4.78, 5) is 4.32. The van der Waals surface area contributed by atoms with Gasteiger partial charge >= 0.3 is 0 Å². The van der Waals surface area contributed by atoms with E-state index in [9.17, 15) is 0 Å². The molecule has 2 rings (SSSR count). The SMILES string of the molecule is ONC1=NCCCC1C1CCOCC1. The lowest BCUT2D eigenvalue weighted by Gasteiger charge is -2.32. The Kier molecular flexibility index (Phi) is 3.37. The molecule has 0 spiro atoms. The van der Waals surface area contributed by atoms with Crippen molar-refractivity contribution in [1.29, 1.82) is 0 Å². The molecular formula is C10H18N2O2. The Labute approximate surface area is 84.3 Å². The zero-order chi connectivity index (χ0) is 9.80. The molecule has 1 saturated heterocycles. The molecule has 0 aromatic carbocycles. The summed E-state index contributed by atoms with van der Waals surface area (Å²) in [6, 6.07) is 0. The number of ether oxygens (including phenoxy) is 1. The van der Waals surface area contributed by atoms with Crippen molar-refractivity contribution in [2.75, 3.05) is 19.8 Å². The van der Waals surface area contributed by atoms with Crippen LogP contribution in [0.2, 0.25) is 0 Å². The Bertz CT molecular complexity index is 212. The zero-order valence-corrected chi connectivity index (χ0v) is 8.41. The van der Waals surface area contributed by atoms with Gasteiger partial charge in [0.1, 0.15) is 5.84 Å². The molecule has 80 valence electrons. The molecule has 4 heteroatoms. The van der Waals surface area contributed by atoms with E-state index in [4.69, 9.17) is 9.94 Å². The van der Waals surface area contributed by atoms with E-state index in [1.54, 1.807) is 0 Å². The first-order valence-electron chi connectivity index (χ1n) is 5.44. The van der Waals surface area contributed by atoms with Crippen molar-refractivity contribution in [3.63, 3.8) is 0 Å². The Morgan fingerprint density at radius 3 is 2.79 bits per heavy atom. The van der Waals surface area contributed by atoms with Crippen LogP contribution in [-0.4, -0.2) is 30.8 Å². The lowest BCUT2D eigenvalue weighted by atomic mass is 9.81. The summed E-state index contributed by atoms with van der Waals surface area (Å²) in [5.41, 5.74) is 2.26. The molecule has 0 saturated carbocycles. The van der Waals surface area contributed by atoms with Crippen molar-refractivity contribution >= 4 is 5.84 Å². The van der Waals surface area contributed by atoms with E-state index >= 15 is 0 Å². The number of hydrogen-bond acceptors (Lipinski definition) is 4. The fraction of sp³-hybridized carbons (Fsp3) is 0.900. The average Bonchev–Trinajstić information content (AvgIpc) is 2.30. The van der Waals surface area contributed by atoms with Gasteiger partial charge < -0.3 is 4.74 Å². The second-order valence-corrected chi connectivity index (χ2v) is 4.08. The zero-order valence-electron chi connectivity index (χ0n) is 8.41. The van der Waals surface area contributed by atoms with Gasteiger partial charge in [0.25, 0.3) is 0 Å². The van der Waals surface area contributed by atoms with Gasteiger partial charge in [-0.05, 0) is 31.6 Å². The molecule has 0 radical (unpaired) electrons. The molecule has 1 fully saturated rings. The molecule has 2 aliphatic heterocycles. The van der Waals surface area contributed by atoms with Crippen LogP contribution in [0, 0.1) is 11.8 Å². The highest BCUT2D eigenvalue weighted by Crippen LogP contribution is 2.29. The van der Waals surface area contributed by atoms with Gasteiger partial charge in [0, 0.05) is 25.7 Å². The highest BCUT2D eigenvalue weighted by Gasteiger charge is 2.29. The lowest BCUT2D eigenvalue weighted by Crippen LogP contribution is -2.38. The van der Waals surface area contributed by atoms with Crippen molar-refractivity contribution in [1.82, 2.24) is 5.48 Å². The molecule has 4 nitrogen and oxygen atoms in total. The maximum Gasteiger partial charge on any atom is 0.123 e. The summed E-state index contributed by atoms with van der Waals surface area (Å²) in [6.45, 7) is 2.57. The van der Waals surface area contributed by atoms with Crippen LogP contribution in [0.3, 0.4) is 0 Å². The molecule has 1 unspecified atom stereocenters. The molecule has 2 aliphatic rings. The predicted molar refractivity (Wildman–Crippen MR) is 53.5 cm³/mol. The van der Waals surface area contributed by atoms with Gasteiger partial charge in [-0.25, -0.2) is 0 Å². The number of rotatable bonds is 1. The van der Waals surface area contributed by atoms with Crippen LogP contribution >= 0.6 is 0 Å². The van der Waals surface area contributed by atoms with Gasteiger partial charge in [0.2, 0.25) is 0 Å². The van der Waals surface area contributed by atoms with E-state index in [-0.39, 0.29) is 0 Å². The molecule has 2 heterocycles. The third-order valence-electron chi connectivity index (χ3n) is 3.26. The minimum absolute atomic E-state index is 0.428. The Morgan fingerprint density at radius 2 is 2.07 bits per heavy atom. The molecule has 0 amide bonds. The van der Waals surface area contributed by atoms with Crippen molar-refractivity contribution < 1.29 is 9.94 Å². The Morgan fingerprint density at radius 1 is 1.29 bits per heavy atom. The monoisotopic (exact) mass is 198 g/mol. The molecule has 0 aromatic heterocycles. The van der Waals surface area contributed by atoms with Crippen molar-refractivity contribution in [2.24, 2.45) is 16.8 Å². The smallest absolute Gasteiger partial charge is 0.123 e. The quantitative estimate of drug-likeness (QED) is 0.622. The number of aliphatic imine (C=N–C) groups is 1.